The summed E-state index contributed by atoms with van der Waals surface area (Å²) in [7, 11) is -3.75. The van der Waals surface area contributed by atoms with Crippen molar-refractivity contribution in [3.63, 3.8) is 0 Å². The van der Waals surface area contributed by atoms with Gasteiger partial charge in [0.25, 0.3) is 10.0 Å². The van der Waals surface area contributed by atoms with Crippen LogP contribution in [0.2, 0.25) is 0 Å². The summed E-state index contributed by atoms with van der Waals surface area (Å²) in [6, 6.07) is 9.78. The van der Waals surface area contributed by atoms with Gasteiger partial charge < -0.3 is 4.42 Å². The highest BCUT2D eigenvalue weighted by molar-refractivity contribution is 9.10. The van der Waals surface area contributed by atoms with Gasteiger partial charge in [-0.1, -0.05) is 15.9 Å². The van der Waals surface area contributed by atoms with Gasteiger partial charge in [0.2, 0.25) is 0 Å². The van der Waals surface area contributed by atoms with Crippen molar-refractivity contribution in [1.29, 1.82) is 0 Å². The van der Waals surface area contributed by atoms with Gasteiger partial charge in [0.15, 0.2) is 5.58 Å². The molecule has 0 amide bonds. The molecule has 0 aliphatic carbocycles. The maximum absolute atomic E-state index is 13.1. The first-order chi connectivity index (χ1) is 11.4. The lowest BCUT2D eigenvalue weighted by atomic mass is 10.1. The van der Waals surface area contributed by atoms with Crippen molar-refractivity contribution in [3.8, 4) is 0 Å². The largest absolute Gasteiger partial charge is 0.417 e. The number of sulfonamides is 1. The van der Waals surface area contributed by atoms with Gasteiger partial charge in [0.1, 0.15) is 0 Å². The lowest BCUT2D eigenvalue weighted by Crippen LogP contribution is -2.35. The van der Waals surface area contributed by atoms with Gasteiger partial charge in [0.05, 0.1) is 16.1 Å². The molecule has 0 saturated heterocycles. The Balaban J connectivity index is 1.86. The van der Waals surface area contributed by atoms with E-state index < -0.39 is 15.8 Å². The second kappa shape index (κ2) is 5.22. The van der Waals surface area contributed by atoms with Gasteiger partial charge in [-0.05, 0) is 49.2 Å². The highest BCUT2D eigenvalue weighted by atomic mass is 79.9. The third-order valence-corrected chi connectivity index (χ3v) is 6.56. The fraction of sp³-hybridized carbons (Fsp3) is 0.188. The van der Waals surface area contributed by atoms with Crippen molar-refractivity contribution < 1.29 is 12.8 Å². The second-order valence-corrected chi connectivity index (χ2v) is 8.53. The topological polar surface area (TPSA) is 83.4 Å². The van der Waals surface area contributed by atoms with Crippen LogP contribution in [0.25, 0.3) is 11.1 Å². The first-order valence-corrected chi connectivity index (χ1v) is 9.55. The quantitative estimate of drug-likeness (QED) is 0.706. The number of oxazole rings is 1. The maximum atomic E-state index is 13.1. The molecule has 1 N–H and O–H groups in total. The number of benzene rings is 2. The summed E-state index contributed by atoms with van der Waals surface area (Å²) in [6.45, 7) is 1.88. The fourth-order valence-corrected chi connectivity index (χ4v) is 5.25. The number of hydrogen-bond acceptors (Lipinski definition) is 4. The van der Waals surface area contributed by atoms with E-state index in [4.69, 9.17) is 4.42 Å². The molecule has 0 radical (unpaired) electrons. The van der Waals surface area contributed by atoms with Crippen LogP contribution in [0.5, 0.6) is 0 Å². The van der Waals surface area contributed by atoms with E-state index in [0.29, 0.717) is 17.6 Å². The molecule has 6 nitrogen and oxygen atoms in total. The number of hydrogen-bond donors (Lipinski definition) is 1. The second-order valence-electron chi connectivity index (χ2n) is 5.80. The van der Waals surface area contributed by atoms with E-state index >= 15 is 0 Å². The zero-order valence-electron chi connectivity index (χ0n) is 12.6. The van der Waals surface area contributed by atoms with E-state index in [1.807, 2.05) is 19.1 Å². The van der Waals surface area contributed by atoms with Crippen LogP contribution < -0.4 is 10.1 Å². The van der Waals surface area contributed by atoms with E-state index in [-0.39, 0.29) is 16.5 Å². The van der Waals surface area contributed by atoms with Gasteiger partial charge in [0, 0.05) is 16.6 Å². The number of aromatic nitrogens is 1. The molecule has 1 aliphatic heterocycles. The molecule has 1 aromatic heterocycles. The molecule has 124 valence electrons. The van der Waals surface area contributed by atoms with E-state index in [9.17, 15) is 13.2 Å². The number of rotatable bonds is 2. The minimum atomic E-state index is -3.75. The van der Waals surface area contributed by atoms with Crippen LogP contribution in [-0.2, 0) is 16.4 Å². The molecule has 2 heterocycles. The third kappa shape index (κ3) is 2.29. The van der Waals surface area contributed by atoms with Crippen molar-refractivity contribution in [3.05, 3.63) is 57.0 Å². The fourth-order valence-electron chi connectivity index (χ4n) is 3.14. The van der Waals surface area contributed by atoms with Crippen LogP contribution >= 0.6 is 15.9 Å². The van der Waals surface area contributed by atoms with Crippen LogP contribution in [0.3, 0.4) is 0 Å². The van der Waals surface area contributed by atoms with Crippen LogP contribution in [-0.4, -0.2) is 19.4 Å². The minimum Gasteiger partial charge on any atom is -0.408 e. The Morgan fingerprint density at radius 2 is 2.04 bits per heavy atom. The van der Waals surface area contributed by atoms with Crippen LogP contribution in [0, 0.1) is 0 Å². The number of H-pyrrole nitrogens is 1. The highest BCUT2D eigenvalue weighted by Crippen LogP contribution is 2.38. The first-order valence-electron chi connectivity index (χ1n) is 7.32. The van der Waals surface area contributed by atoms with Crippen molar-refractivity contribution in [2.45, 2.75) is 24.3 Å². The maximum Gasteiger partial charge on any atom is 0.417 e. The summed E-state index contributed by atoms with van der Waals surface area (Å²) in [5.41, 5.74) is 2.36. The lowest BCUT2D eigenvalue weighted by Gasteiger charge is -2.24. The van der Waals surface area contributed by atoms with E-state index in [1.54, 1.807) is 6.07 Å². The highest BCUT2D eigenvalue weighted by Gasteiger charge is 2.36. The summed E-state index contributed by atoms with van der Waals surface area (Å²) >= 11 is 3.42. The lowest BCUT2D eigenvalue weighted by molar-refractivity contribution is 0.553. The normalized spacial score (nSPS) is 17.4. The van der Waals surface area contributed by atoms with Gasteiger partial charge in [-0.15, -0.1) is 0 Å². The molecule has 2 aromatic carbocycles. The van der Waals surface area contributed by atoms with Gasteiger partial charge in [-0.3, -0.25) is 9.29 Å². The van der Waals surface area contributed by atoms with Crippen molar-refractivity contribution in [1.82, 2.24) is 4.98 Å². The van der Waals surface area contributed by atoms with Crippen LogP contribution in [0.1, 0.15) is 12.5 Å². The summed E-state index contributed by atoms with van der Waals surface area (Å²) in [5, 5.41) is 0. The molecule has 4 rings (SSSR count). The average molecular weight is 409 g/mol. The van der Waals surface area contributed by atoms with Crippen LogP contribution in [0.15, 0.2) is 55.0 Å². The predicted molar refractivity (Wildman–Crippen MR) is 93.8 cm³/mol. The Kier molecular flexibility index (Phi) is 3.36. The monoisotopic (exact) mass is 408 g/mol. The molecule has 8 heteroatoms. The van der Waals surface area contributed by atoms with Crippen LogP contribution in [0.4, 0.5) is 5.69 Å². The summed E-state index contributed by atoms with van der Waals surface area (Å²) in [5.74, 6) is -0.607. The number of nitrogens with one attached hydrogen (secondary N) is 1. The van der Waals surface area contributed by atoms with Crippen molar-refractivity contribution in [2.75, 3.05) is 4.31 Å². The zero-order chi connectivity index (χ0) is 17.1. The number of nitrogens with zero attached hydrogens (tertiary/aromatic N) is 1. The number of aromatic amines is 1. The summed E-state index contributed by atoms with van der Waals surface area (Å²) in [6.07, 6.45) is 0.648. The third-order valence-electron chi connectivity index (χ3n) is 4.14. The molecule has 1 atom stereocenters. The Morgan fingerprint density at radius 1 is 1.25 bits per heavy atom. The molecule has 0 saturated carbocycles. The molecule has 3 aromatic rings. The smallest absolute Gasteiger partial charge is 0.408 e. The predicted octanol–water partition coefficient (Wildman–Crippen LogP) is 3.02. The molecule has 0 unspecified atom stereocenters. The summed E-state index contributed by atoms with van der Waals surface area (Å²) in [4.78, 5) is 13.9. The SMILES string of the molecule is C[C@H]1Cc2cc(Br)ccc2N1S(=O)(=O)c1ccc2[nH]c(=O)oc2c1. The number of anilines is 1. The Bertz CT molecular complexity index is 1120. The van der Waals surface area contributed by atoms with E-state index in [2.05, 4.69) is 20.9 Å². The van der Waals surface area contributed by atoms with Crippen molar-refractivity contribution >= 4 is 42.7 Å². The molecular weight excluding hydrogens is 396 g/mol. The van der Waals surface area contributed by atoms with Crippen molar-refractivity contribution in [2.24, 2.45) is 0 Å². The number of fused-ring (bicyclic) bond motifs is 2. The standard InChI is InChI=1S/C16H13BrN2O4S/c1-9-6-10-7-11(17)2-5-14(10)19(9)24(21,22)12-3-4-13-15(8-12)23-16(20)18-13/h2-5,7-9H,6H2,1H3,(H,18,20)/t9-/m0/s1. The van der Waals surface area contributed by atoms with E-state index in [1.165, 1.54) is 22.5 Å². The zero-order valence-corrected chi connectivity index (χ0v) is 15.0. The van der Waals surface area contributed by atoms with E-state index in [0.717, 1.165) is 10.0 Å². The first kappa shape index (κ1) is 15.5. The Labute approximate surface area is 146 Å². The molecule has 0 fully saturated rings. The van der Waals surface area contributed by atoms with Gasteiger partial charge in [-0.25, -0.2) is 13.2 Å². The molecular formula is C16H13BrN2O4S. The summed E-state index contributed by atoms with van der Waals surface area (Å²) < 4.78 is 33.6. The average Bonchev–Trinajstić information content (AvgIpc) is 3.03. The molecule has 0 bridgehead atoms. The minimum absolute atomic E-state index is 0.0976. The van der Waals surface area contributed by atoms with Gasteiger partial charge in [-0.2, -0.15) is 0 Å². The molecule has 24 heavy (non-hydrogen) atoms. The molecule has 0 spiro atoms. The Morgan fingerprint density at radius 3 is 2.83 bits per heavy atom. The number of halogens is 1. The Hall–Kier alpha value is -2.06. The van der Waals surface area contributed by atoms with Gasteiger partial charge >= 0.3 is 5.76 Å². The molecule has 1 aliphatic rings.